The summed E-state index contributed by atoms with van der Waals surface area (Å²) in [6, 6.07) is 21.5. The minimum atomic E-state index is -0.527. The summed E-state index contributed by atoms with van der Waals surface area (Å²) in [7, 11) is 0. The minimum absolute atomic E-state index is 0.103. The molecule has 0 radical (unpaired) electrons. The van der Waals surface area contributed by atoms with Crippen LogP contribution < -0.4 is 10.6 Å². The van der Waals surface area contributed by atoms with Crippen LogP contribution in [0.2, 0.25) is 0 Å². The van der Waals surface area contributed by atoms with Crippen molar-refractivity contribution in [3.63, 3.8) is 0 Å². The third-order valence-electron chi connectivity index (χ3n) is 5.41. The fourth-order valence-corrected chi connectivity index (χ4v) is 4.35. The molecule has 4 aromatic rings. The lowest BCUT2D eigenvalue weighted by Gasteiger charge is -2.15. The van der Waals surface area contributed by atoms with E-state index in [0.717, 1.165) is 21.7 Å². The van der Waals surface area contributed by atoms with Crippen LogP contribution in [0.15, 0.2) is 66.7 Å². The van der Waals surface area contributed by atoms with Crippen molar-refractivity contribution >= 4 is 28.3 Å². The van der Waals surface area contributed by atoms with Crippen LogP contribution in [0.5, 0.6) is 0 Å². The van der Waals surface area contributed by atoms with Gasteiger partial charge in [0, 0.05) is 12.0 Å². The molecule has 7 nitrogen and oxygen atoms in total. The van der Waals surface area contributed by atoms with E-state index in [1.54, 1.807) is 10.7 Å². The molecule has 0 saturated carbocycles. The van der Waals surface area contributed by atoms with Gasteiger partial charge in [0.15, 0.2) is 5.13 Å². The van der Waals surface area contributed by atoms with Crippen molar-refractivity contribution in [1.82, 2.24) is 20.1 Å². The molecule has 2 heterocycles. The Morgan fingerprint density at radius 3 is 2.23 bits per heavy atom. The van der Waals surface area contributed by atoms with E-state index in [0.29, 0.717) is 29.6 Å². The Morgan fingerprint density at radius 2 is 1.60 bits per heavy atom. The van der Waals surface area contributed by atoms with Crippen LogP contribution in [-0.4, -0.2) is 26.6 Å². The molecule has 0 aliphatic rings. The zero-order valence-electron chi connectivity index (χ0n) is 20.3. The average Bonchev–Trinajstić information content (AvgIpc) is 3.41. The number of aromatic nitrogens is 3. The maximum Gasteiger partial charge on any atom is 0.269 e. The molecule has 0 aliphatic carbocycles. The number of rotatable bonds is 7. The zero-order chi connectivity index (χ0) is 25.0. The van der Waals surface area contributed by atoms with Crippen LogP contribution in [0.1, 0.15) is 48.1 Å². The maximum atomic E-state index is 13.2. The van der Waals surface area contributed by atoms with E-state index in [2.05, 4.69) is 15.6 Å². The molecule has 0 atom stereocenters. The summed E-state index contributed by atoms with van der Waals surface area (Å²) in [4.78, 5) is 30.9. The SMILES string of the molecule is Cc1nc(NC(=O)C(C)(C)C)sc1-c1cc(C(=O)NCc2ccccc2)n(Cc2ccccc2)n1. The zero-order valence-corrected chi connectivity index (χ0v) is 21.1. The molecule has 0 bridgehead atoms. The first kappa shape index (κ1) is 24.3. The first-order valence-corrected chi connectivity index (χ1v) is 12.3. The lowest BCUT2D eigenvalue weighted by atomic mass is 9.96. The molecule has 180 valence electrons. The molecule has 0 aliphatic heterocycles. The summed E-state index contributed by atoms with van der Waals surface area (Å²) in [5.41, 5.74) is 3.40. The number of thiazole rings is 1. The monoisotopic (exact) mass is 487 g/mol. The Balaban J connectivity index is 1.63. The number of aryl methyl sites for hydroxylation is 1. The summed E-state index contributed by atoms with van der Waals surface area (Å²) in [6.45, 7) is 8.33. The van der Waals surface area contributed by atoms with Crippen molar-refractivity contribution in [2.75, 3.05) is 5.32 Å². The van der Waals surface area contributed by atoms with E-state index < -0.39 is 5.41 Å². The number of carbonyl (C=O) groups is 2. The molecule has 0 saturated heterocycles. The third-order valence-corrected chi connectivity index (χ3v) is 6.51. The smallest absolute Gasteiger partial charge is 0.269 e. The second-order valence-electron chi connectivity index (χ2n) is 9.36. The second kappa shape index (κ2) is 10.2. The number of hydrogen-bond donors (Lipinski definition) is 2. The number of nitrogens with zero attached hydrogens (tertiary/aromatic N) is 3. The molecule has 0 unspecified atom stereocenters. The standard InChI is InChI=1S/C27H29N5O2S/c1-18-23(35-26(29-18)30-25(34)27(2,3)4)21-15-22(24(33)28-16-19-11-7-5-8-12-19)32(31-21)17-20-13-9-6-10-14-20/h5-15H,16-17H2,1-4H3,(H,28,33)(H,29,30,34). The summed E-state index contributed by atoms with van der Waals surface area (Å²) < 4.78 is 1.72. The molecule has 0 fully saturated rings. The number of benzene rings is 2. The fraction of sp³-hybridized carbons (Fsp3) is 0.259. The van der Waals surface area contributed by atoms with E-state index in [4.69, 9.17) is 5.10 Å². The quantitative estimate of drug-likeness (QED) is 0.371. The van der Waals surface area contributed by atoms with Gasteiger partial charge in [0.05, 0.1) is 17.1 Å². The normalized spacial score (nSPS) is 11.3. The predicted molar refractivity (Wildman–Crippen MR) is 139 cm³/mol. The highest BCUT2D eigenvalue weighted by Gasteiger charge is 2.24. The largest absolute Gasteiger partial charge is 0.347 e. The molecule has 2 N–H and O–H groups in total. The molecular weight excluding hydrogens is 458 g/mol. The van der Waals surface area contributed by atoms with Gasteiger partial charge in [-0.25, -0.2) is 4.98 Å². The van der Waals surface area contributed by atoms with Gasteiger partial charge in [0.25, 0.3) is 5.91 Å². The molecule has 0 spiro atoms. The number of hydrogen-bond acceptors (Lipinski definition) is 5. The fourth-order valence-electron chi connectivity index (χ4n) is 3.43. The van der Waals surface area contributed by atoms with Gasteiger partial charge in [-0.15, -0.1) is 0 Å². The third kappa shape index (κ3) is 6.02. The van der Waals surface area contributed by atoms with Crippen molar-refractivity contribution in [3.05, 3.63) is 89.2 Å². The van der Waals surface area contributed by atoms with Crippen molar-refractivity contribution < 1.29 is 9.59 Å². The average molecular weight is 488 g/mol. The second-order valence-corrected chi connectivity index (χ2v) is 10.4. The Bertz CT molecular complexity index is 1320. The Hall–Kier alpha value is -3.78. The maximum absolute atomic E-state index is 13.2. The lowest BCUT2D eigenvalue weighted by molar-refractivity contribution is -0.123. The van der Waals surface area contributed by atoms with Crippen molar-refractivity contribution in [1.29, 1.82) is 0 Å². The molecule has 8 heteroatoms. The summed E-state index contributed by atoms with van der Waals surface area (Å²) in [5.74, 6) is -0.305. The van der Waals surface area contributed by atoms with E-state index >= 15 is 0 Å². The number of carbonyl (C=O) groups excluding carboxylic acids is 2. The molecule has 2 aromatic carbocycles. The van der Waals surface area contributed by atoms with Gasteiger partial charge in [-0.3, -0.25) is 14.3 Å². The highest BCUT2D eigenvalue weighted by atomic mass is 32.1. The Kier molecular flexibility index (Phi) is 7.12. The highest BCUT2D eigenvalue weighted by Crippen LogP contribution is 2.33. The van der Waals surface area contributed by atoms with Crippen LogP contribution >= 0.6 is 11.3 Å². The van der Waals surface area contributed by atoms with Gasteiger partial charge in [-0.05, 0) is 24.1 Å². The van der Waals surface area contributed by atoms with E-state index in [1.165, 1.54) is 11.3 Å². The van der Waals surface area contributed by atoms with E-state index in [-0.39, 0.29) is 11.8 Å². The van der Waals surface area contributed by atoms with E-state index in [1.807, 2.05) is 88.4 Å². The van der Waals surface area contributed by atoms with Crippen LogP contribution in [-0.2, 0) is 17.9 Å². The number of amides is 2. The van der Waals surface area contributed by atoms with Crippen LogP contribution in [0.4, 0.5) is 5.13 Å². The Morgan fingerprint density at radius 1 is 0.971 bits per heavy atom. The first-order valence-electron chi connectivity index (χ1n) is 11.4. The van der Waals surface area contributed by atoms with Crippen molar-refractivity contribution in [2.24, 2.45) is 5.41 Å². The van der Waals surface area contributed by atoms with Crippen LogP contribution in [0, 0.1) is 12.3 Å². The number of anilines is 1. The van der Waals surface area contributed by atoms with Crippen LogP contribution in [0.3, 0.4) is 0 Å². The summed E-state index contributed by atoms with van der Waals surface area (Å²) in [6.07, 6.45) is 0. The Labute approximate surface area is 209 Å². The van der Waals surface area contributed by atoms with Gasteiger partial charge in [-0.1, -0.05) is 92.8 Å². The van der Waals surface area contributed by atoms with Gasteiger partial charge < -0.3 is 10.6 Å². The molecule has 2 aromatic heterocycles. The van der Waals surface area contributed by atoms with Gasteiger partial charge in [-0.2, -0.15) is 5.10 Å². The van der Waals surface area contributed by atoms with Gasteiger partial charge >= 0.3 is 0 Å². The topological polar surface area (TPSA) is 88.9 Å². The van der Waals surface area contributed by atoms with Crippen molar-refractivity contribution in [2.45, 2.75) is 40.8 Å². The van der Waals surface area contributed by atoms with Crippen LogP contribution in [0.25, 0.3) is 10.6 Å². The lowest BCUT2D eigenvalue weighted by Crippen LogP contribution is -2.27. The first-order chi connectivity index (χ1) is 16.7. The highest BCUT2D eigenvalue weighted by molar-refractivity contribution is 7.19. The van der Waals surface area contributed by atoms with Gasteiger partial charge in [0.1, 0.15) is 11.4 Å². The summed E-state index contributed by atoms with van der Waals surface area (Å²) in [5, 5.41) is 11.2. The predicted octanol–water partition coefficient (Wildman–Crippen LogP) is 5.28. The molecule has 4 rings (SSSR count). The number of nitrogens with one attached hydrogen (secondary N) is 2. The summed E-state index contributed by atoms with van der Waals surface area (Å²) >= 11 is 1.36. The molecular formula is C27H29N5O2S. The van der Waals surface area contributed by atoms with Crippen molar-refractivity contribution in [3.8, 4) is 10.6 Å². The van der Waals surface area contributed by atoms with E-state index in [9.17, 15) is 9.59 Å². The van der Waals surface area contributed by atoms with Gasteiger partial charge in [0.2, 0.25) is 5.91 Å². The minimum Gasteiger partial charge on any atom is -0.347 e. The molecule has 35 heavy (non-hydrogen) atoms. The molecule has 2 amide bonds.